The van der Waals surface area contributed by atoms with E-state index in [1.807, 2.05) is 45.0 Å². The Kier molecular flexibility index (Phi) is 4.75. The highest BCUT2D eigenvalue weighted by Gasteiger charge is 2.09. The number of nitrogens with zero attached hydrogens (tertiary/aromatic N) is 2. The summed E-state index contributed by atoms with van der Waals surface area (Å²) in [5, 5.41) is 13.6. The zero-order valence-corrected chi connectivity index (χ0v) is 12.5. The Labute approximate surface area is 123 Å². The van der Waals surface area contributed by atoms with Crippen LogP contribution in [0.15, 0.2) is 35.1 Å². The second kappa shape index (κ2) is 6.54. The number of rotatable bonds is 5. The van der Waals surface area contributed by atoms with Gasteiger partial charge in [0, 0.05) is 17.7 Å². The van der Waals surface area contributed by atoms with Gasteiger partial charge < -0.3 is 9.84 Å². The fourth-order valence-electron chi connectivity index (χ4n) is 2.07. The van der Waals surface area contributed by atoms with E-state index in [1.165, 1.54) is 4.68 Å². The highest BCUT2D eigenvalue weighted by molar-refractivity contribution is 5.61. The number of hydrogen-bond donors (Lipinski definition) is 1. The van der Waals surface area contributed by atoms with E-state index in [-0.39, 0.29) is 18.3 Å². The van der Waals surface area contributed by atoms with E-state index in [1.54, 1.807) is 6.07 Å². The third kappa shape index (κ3) is 3.49. The Hall–Kier alpha value is -2.14. The maximum Gasteiger partial charge on any atom is 0.272 e. The summed E-state index contributed by atoms with van der Waals surface area (Å²) < 4.78 is 7.03. The number of ether oxygens (including phenoxy) is 1. The molecule has 0 spiro atoms. The number of aliphatic hydroxyl groups is 1. The van der Waals surface area contributed by atoms with Gasteiger partial charge >= 0.3 is 0 Å². The first kappa shape index (κ1) is 15.3. The molecular weight excluding hydrogens is 268 g/mol. The molecule has 1 N–H and O–H groups in total. The molecule has 0 atom stereocenters. The molecule has 5 heteroatoms. The average Bonchev–Trinajstić information content (AvgIpc) is 2.47. The quantitative estimate of drug-likeness (QED) is 0.916. The zero-order valence-electron chi connectivity index (χ0n) is 12.5. The van der Waals surface area contributed by atoms with Gasteiger partial charge in [-0.1, -0.05) is 12.1 Å². The summed E-state index contributed by atoms with van der Waals surface area (Å²) in [6.45, 7) is 5.94. The second-order valence-electron chi connectivity index (χ2n) is 5.03. The molecule has 0 aliphatic heterocycles. The number of aromatic nitrogens is 2. The topological polar surface area (TPSA) is 64.3 Å². The van der Waals surface area contributed by atoms with Crippen LogP contribution in [0.25, 0.3) is 11.3 Å². The summed E-state index contributed by atoms with van der Waals surface area (Å²) in [6, 6.07) is 9.18. The SMILES string of the molecule is CCn1nc(-c2cccc(OC(C)C)c2)cc(CO)c1=O. The van der Waals surface area contributed by atoms with E-state index >= 15 is 0 Å². The number of aryl methyl sites for hydroxylation is 1. The van der Waals surface area contributed by atoms with Crippen LogP contribution in [0.5, 0.6) is 5.75 Å². The molecule has 2 rings (SSSR count). The Balaban J connectivity index is 2.48. The van der Waals surface area contributed by atoms with Gasteiger partial charge in [-0.15, -0.1) is 0 Å². The average molecular weight is 288 g/mol. The van der Waals surface area contributed by atoms with Crippen molar-refractivity contribution in [3.63, 3.8) is 0 Å². The van der Waals surface area contributed by atoms with Crippen LogP contribution in [-0.2, 0) is 13.2 Å². The van der Waals surface area contributed by atoms with E-state index < -0.39 is 0 Å². The van der Waals surface area contributed by atoms with Crippen molar-refractivity contribution in [1.82, 2.24) is 9.78 Å². The van der Waals surface area contributed by atoms with E-state index in [9.17, 15) is 9.90 Å². The molecule has 0 aliphatic carbocycles. The van der Waals surface area contributed by atoms with Crippen molar-refractivity contribution in [2.75, 3.05) is 0 Å². The summed E-state index contributed by atoms with van der Waals surface area (Å²) in [5.74, 6) is 0.754. The van der Waals surface area contributed by atoms with Crippen molar-refractivity contribution < 1.29 is 9.84 Å². The largest absolute Gasteiger partial charge is 0.491 e. The maximum absolute atomic E-state index is 11.9. The van der Waals surface area contributed by atoms with Crippen LogP contribution < -0.4 is 10.3 Å². The maximum atomic E-state index is 11.9. The normalized spacial score (nSPS) is 10.9. The van der Waals surface area contributed by atoms with Gasteiger partial charge in [-0.05, 0) is 39.0 Å². The molecule has 0 amide bonds. The minimum Gasteiger partial charge on any atom is -0.491 e. The van der Waals surface area contributed by atoms with Gasteiger partial charge in [-0.25, -0.2) is 4.68 Å². The standard InChI is InChI=1S/C16H20N2O3/c1-4-18-16(20)13(10-19)9-15(17-18)12-6-5-7-14(8-12)21-11(2)3/h5-9,11,19H,4,10H2,1-3H3. The summed E-state index contributed by atoms with van der Waals surface area (Å²) in [5.41, 5.74) is 1.59. The van der Waals surface area contributed by atoms with Gasteiger partial charge in [0.15, 0.2) is 0 Å². The fourth-order valence-corrected chi connectivity index (χ4v) is 2.07. The van der Waals surface area contributed by atoms with Crippen LogP contribution in [0.2, 0.25) is 0 Å². The predicted molar refractivity (Wildman–Crippen MR) is 81.3 cm³/mol. The van der Waals surface area contributed by atoms with Crippen molar-refractivity contribution in [2.24, 2.45) is 0 Å². The molecule has 1 aromatic heterocycles. The molecule has 1 aromatic carbocycles. The Morgan fingerprint density at radius 1 is 1.33 bits per heavy atom. The first-order valence-corrected chi connectivity index (χ1v) is 7.04. The molecule has 5 nitrogen and oxygen atoms in total. The lowest BCUT2D eigenvalue weighted by molar-refractivity contribution is 0.242. The lowest BCUT2D eigenvalue weighted by Crippen LogP contribution is -2.26. The van der Waals surface area contributed by atoms with E-state index in [2.05, 4.69) is 5.10 Å². The summed E-state index contributed by atoms with van der Waals surface area (Å²) >= 11 is 0. The third-order valence-electron chi connectivity index (χ3n) is 3.02. The van der Waals surface area contributed by atoms with Crippen molar-refractivity contribution in [3.8, 4) is 17.0 Å². The van der Waals surface area contributed by atoms with Crippen LogP contribution in [0.4, 0.5) is 0 Å². The molecule has 0 aliphatic rings. The molecule has 1 heterocycles. The van der Waals surface area contributed by atoms with Crippen LogP contribution in [0.3, 0.4) is 0 Å². The van der Waals surface area contributed by atoms with Crippen LogP contribution in [-0.4, -0.2) is 21.0 Å². The molecule has 0 saturated carbocycles. The zero-order chi connectivity index (χ0) is 15.4. The molecule has 0 radical (unpaired) electrons. The Morgan fingerprint density at radius 2 is 2.10 bits per heavy atom. The highest BCUT2D eigenvalue weighted by Crippen LogP contribution is 2.23. The van der Waals surface area contributed by atoms with E-state index in [0.29, 0.717) is 17.8 Å². The molecule has 0 saturated heterocycles. The molecule has 2 aromatic rings. The van der Waals surface area contributed by atoms with Crippen molar-refractivity contribution in [2.45, 2.75) is 40.0 Å². The van der Waals surface area contributed by atoms with Gasteiger partial charge in [-0.3, -0.25) is 4.79 Å². The molecular formula is C16H20N2O3. The van der Waals surface area contributed by atoms with Gasteiger partial charge in [-0.2, -0.15) is 5.10 Å². The van der Waals surface area contributed by atoms with Gasteiger partial charge in [0.25, 0.3) is 5.56 Å². The minimum atomic E-state index is -0.295. The van der Waals surface area contributed by atoms with Crippen LogP contribution in [0, 0.1) is 0 Å². The lowest BCUT2D eigenvalue weighted by Gasteiger charge is -2.12. The van der Waals surface area contributed by atoms with Crippen LogP contribution >= 0.6 is 0 Å². The third-order valence-corrected chi connectivity index (χ3v) is 3.02. The number of benzene rings is 1. The molecule has 21 heavy (non-hydrogen) atoms. The first-order valence-electron chi connectivity index (χ1n) is 7.04. The van der Waals surface area contributed by atoms with Crippen molar-refractivity contribution >= 4 is 0 Å². The molecule has 0 unspecified atom stereocenters. The highest BCUT2D eigenvalue weighted by atomic mass is 16.5. The first-order chi connectivity index (χ1) is 10.0. The number of hydrogen-bond acceptors (Lipinski definition) is 4. The van der Waals surface area contributed by atoms with Crippen molar-refractivity contribution in [1.29, 1.82) is 0 Å². The molecule has 0 fully saturated rings. The monoisotopic (exact) mass is 288 g/mol. The van der Waals surface area contributed by atoms with Gasteiger partial charge in [0.1, 0.15) is 5.75 Å². The molecule has 0 bridgehead atoms. The second-order valence-corrected chi connectivity index (χ2v) is 5.03. The Bertz CT molecular complexity index is 649. The summed E-state index contributed by atoms with van der Waals surface area (Å²) in [6.07, 6.45) is 0.0887. The molecule has 112 valence electrons. The Morgan fingerprint density at radius 3 is 2.71 bits per heavy atom. The van der Waals surface area contributed by atoms with E-state index in [4.69, 9.17) is 4.74 Å². The van der Waals surface area contributed by atoms with Crippen LogP contribution in [0.1, 0.15) is 26.3 Å². The summed E-state index contributed by atoms with van der Waals surface area (Å²) in [7, 11) is 0. The fraction of sp³-hybridized carbons (Fsp3) is 0.375. The lowest BCUT2D eigenvalue weighted by atomic mass is 10.1. The van der Waals surface area contributed by atoms with Crippen molar-refractivity contribution in [3.05, 3.63) is 46.2 Å². The minimum absolute atomic E-state index is 0.0887. The number of aliphatic hydroxyl groups excluding tert-OH is 1. The van der Waals surface area contributed by atoms with Gasteiger partial charge in [0.2, 0.25) is 0 Å². The van der Waals surface area contributed by atoms with E-state index in [0.717, 1.165) is 11.3 Å². The smallest absolute Gasteiger partial charge is 0.272 e. The predicted octanol–water partition coefficient (Wildman–Crippen LogP) is 2.21. The van der Waals surface area contributed by atoms with Gasteiger partial charge in [0.05, 0.1) is 18.4 Å². The summed E-state index contributed by atoms with van der Waals surface area (Å²) in [4.78, 5) is 11.9.